The van der Waals surface area contributed by atoms with E-state index in [4.69, 9.17) is 9.47 Å². The molecule has 1 N–H and O–H groups in total. The summed E-state index contributed by atoms with van der Waals surface area (Å²) in [5.74, 6) is 1.47. The highest BCUT2D eigenvalue weighted by molar-refractivity contribution is 6.03. The standard InChI is InChI=1S/C28H28N2O4/c1-19-16-24-20(14-15-31)6-5-8-25(24)30(19)28(32)21-10-12-22(13-11-21)33-18-23-17-29(2)26-7-3-4-9-27(26)34-23/h3-13,16,23,31H,14-15,17-18H2,1-2H3/t23-/m0/s1. The van der Waals surface area contributed by atoms with Crippen molar-refractivity contribution in [1.29, 1.82) is 0 Å². The number of aryl methyl sites for hydroxylation is 1. The van der Waals surface area contributed by atoms with E-state index in [1.54, 1.807) is 16.7 Å². The number of benzene rings is 3. The lowest BCUT2D eigenvalue weighted by molar-refractivity contribution is 0.0963. The van der Waals surface area contributed by atoms with Crippen LogP contribution < -0.4 is 14.4 Å². The van der Waals surface area contributed by atoms with Gasteiger partial charge in [0.1, 0.15) is 24.2 Å². The highest BCUT2D eigenvalue weighted by atomic mass is 16.5. The van der Waals surface area contributed by atoms with Crippen molar-refractivity contribution in [2.24, 2.45) is 0 Å². The van der Waals surface area contributed by atoms with Gasteiger partial charge in [-0.3, -0.25) is 9.36 Å². The zero-order valence-corrected chi connectivity index (χ0v) is 19.4. The van der Waals surface area contributed by atoms with Crippen molar-refractivity contribution in [1.82, 2.24) is 4.57 Å². The number of carbonyl (C=O) groups is 1. The van der Waals surface area contributed by atoms with Crippen LogP contribution in [0.5, 0.6) is 11.5 Å². The maximum atomic E-state index is 13.3. The van der Waals surface area contributed by atoms with Crippen molar-refractivity contribution in [3.63, 3.8) is 0 Å². The second-order valence-corrected chi connectivity index (χ2v) is 8.67. The van der Waals surface area contributed by atoms with Crippen molar-refractivity contribution < 1.29 is 19.4 Å². The minimum absolute atomic E-state index is 0.0768. The molecule has 1 aromatic heterocycles. The molecular weight excluding hydrogens is 428 g/mol. The van der Waals surface area contributed by atoms with Crippen LogP contribution in [0.1, 0.15) is 21.6 Å². The lowest BCUT2D eigenvalue weighted by Gasteiger charge is -2.33. The molecule has 174 valence electrons. The largest absolute Gasteiger partial charge is 0.490 e. The van der Waals surface area contributed by atoms with Gasteiger partial charge in [0, 0.05) is 30.3 Å². The van der Waals surface area contributed by atoms with E-state index < -0.39 is 0 Å². The molecule has 5 rings (SSSR count). The topological polar surface area (TPSA) is 63.9 Å². The Morgan fingerprint density at radius 3 is 2.68 bits per heavy atom. The average Bonchev–Trinajstić information content (AvgIpc) is 3.19. The molecule has 0 spiro atoms. The third-order valence-electron chi connectivity index (χ3n) is 6.29. The van der Waals surface area contributed by atoms with Crippen LogP contribution in [0, 0.1) is 6.92 Å². The quantitative estimate of drug-likeness (QED) is 0.465. The predicted molar refractivity (Wildman–Crippen MR) is 133 cm³/mol. The number of aliphatic hydroxyl groups is 1. The molecule has 0 radical (unpaired) electrons. The number of hydrogen-bond donors (Lipinski definition) is 1. The van der Waals surface area contributed by atoms with E-state index in [2.05, 4.69) is 11.9 Å². The summed E-state index contributed by atoms with van der Waals surface area (Å²) in [6.07, 6.45) is 0.482. The van der Waals surface area contributed by atoms with E-state index >= 15 is 0 Å². The third kappa shape index (κ3) is 4.13. The summed E-state index contributed by atoms with van der Waals surface area (Å²) in [4.78, 5) is 15.5. The van der Waals surface area contributed by atoms with Gasteiger partial charge in [0.15, 0.2) is 0 Å². The molecule has 2 heterocycles. The smallest absolute Gasteiger partial charge is 0.262 e. The Kier molecular flexibility index (Phi) is 5.99. The zero-order valence-electron chi connectivity index (χ0n) is 19.4. The van der Waals surface area contributed by atoms with Crippen LogP contribution in [0.25, 0.3) is 10.9 Å². The molecule has 6 heteroatoms. The normalized spacial score (nSPS) is 15.1. The Morgan fingerprint density at radius 1 is 1.09 bits per heavy atom. The Hall–Kier alpha value is -3.77. The first-order valence-electron chi connectivity index (χ1n) is 11.5. The van der Waals surface area contributed by atoms with Gasteiger partial charge in [-0.15, -0.1) is 0 Å². The molecule has 0 saturated carbocycles. The van der Waals surface area contributed by atoms with Crippen molar-refractivity contribution >= 4 is 22.5 Å². The second-order valence-electron chi connectivity index (χ2n) is 8.67. The SMILES string of the molecule is Cc1cc2c(CCO)cccc2n1C(=O)c1ccc(OC[C@@H]2CN(C)c3ccccc3O2)cc1. The van der Waals surface area contributed by atoms with E-state index in [0.29, 0.717) is 24.3 Å². The van der Waals surface area contributed by atoms with Gasteiger partial charge in [0.05, 0.1) is 17.7 Å². The maximum absolute atomic E-state index is 13.3. The molecule has 3 aromatic carbocycles. The van der Waals surface area contributed by atoms with Crippen LogP contribution in [0.15, 0.2) is 72.8 Å². The molecular formula is C28H28N2O4. The highest BCUT2D eigenvalue weighted by Gasteiger charge is 2.23. The average molecular weight is 457 g/mol. The monoisotopic (exact) mass is 456 g/mol. The number of fused-ring (bicyclic) bond motifs is 2. The minimum Gasteiger partial charge on any atom is -0.490 e. The fourth-order valence-corrected chi connectivity index (χ4v) is 4.62. The van der Waals surface area contributed by atoms with Gasteiger partial charge in [0.2, 0.25) is 0 Å². The molecule has 1 aliphatic rings. The fraction of sp³-hybridized carbons (Fsp3) is 0.250. The van der Waals surface area contributed by atoms with Crippen molar-refractivity contribution in [2.75, 3.05) is 31.7 Å². The van der Waals surface area contributed by atoms with Crippen LogP contribution in [0.2, 0.25) is 0 Å². The number of ether oxygens (including phenoxy) is 2. The first-order chi connectivity index (χ1) is 16.5. The number of carbonyl (C=O) groups excluding carboxylic acids is 1. The van der Waals surface area contributed by atoms with Gasteiger partial charge < -0.3 is 19.5 Å². The summed E-state index contributed by atoms with van der Waals surface area (Å²) in [5.41, 5.74) is 4.43. The van der Waals surface area contributed by atoms with Crippen LogP contribution in [0.4, 0.5) is 5.69 Å². The lowest BCUT2D eigenvalue weighted by Crippen LogP contribution is -2.41. The molecule has 0 saturated heterocycles. The number of hydrogen-bond acceptors (Lipinski definition) is 5. The number of likely N-dealkylation sites (N-methyl/N-ethyl adjacent to an activating group) is 1. The maximum Gasteiger partial charge on any atom is 0.262 e. The van der Waals surface area contributed by atoms with Gasteiger partial charge in [-0.25, -0.2) is 0 Å². The van der Waals surface area contributed by atoms with Crippen molar-refractivity contribution in [3.05, 3.63) is 89.6 Å². The molecule has 0 aliphatic carbocycles. The van der Waals surface area contributed by atoms with Crippen LogP contribution >= 0.6 is 0 Å². The molecule has 6 nitrogen and oxygen atoms in total. The molecule has 0 bridgehead atoms. The second kappa shape index (κ2) is 9.23. The number of para-hydroxylation sites is 2. The van der Waals surface area contributed by atoms with Crippen molar-refractivity contribution in [3.8, 4) is 11.5 Å². The van der Waals surface area contributed by atoms with Gasteiger partial charge in [-0.2, -0.15) is 0 Å². The molecule has 1 atom stereocenters. The number of rotatable bonds is 6. The Balaban J connectivity index is 1.29. The molecule has 0 fully saturated rings. The first kappa shape index (κ1) is 22.0. The summed E-state index contributed by atoms with van der Waals surface area (Å²) in [5, 5.41) is 10.4. The molecule has 34 heavy (non-hydrogen) atoms. The summed E-state index contributed by atoms with van der Waals surface area (Å²) in [6.45, 7) is 3.16. The first-order valence-corrected chi connectivity index (χ1v) is 11.5. The Labute approximate surface area is 199 Å². The molecule has 1 aliphatic heterocycles. The van der Waals surface area contributed by atoms with Gasteiger partial charge in [0.25, 0.3) is 5.91 Å². The van der Waals surface area contributed by atoms with E-state index in [1.807, 2.05) is 67.6 Å². The van der Waals surface area contributed by atoms with E-state index in [1.165, 1.54) is 0 Å². The Bertz CT molecular complexity index is 1330. The van der Waals surface area contributed by atoms with Crippen LogP contribution in [-0.4, -0.2) is 48.5 Å². The third-order valence-corrected chi connectivity index (χ3v) is 6.29. The summed E-state index contributed by atoms with van der Waals surface area (Å²) < 4.78 is 13.8. The minimum atomic E-state index is -0.0888. The summed E-state index contributed by atoms with van der Waals surface area (Å²) in [7, 11) is 2.05. The summed E-state index contributed by atoms with van der Waals surface area (Å²) >= 11 is 0. The molecule has 4 aromatic rings. The fourth-order valence-electron chi connectivity index (χ4n) is 4.62. The zero-order chi connectivity index (χ0) is 23.7. The van der Waals surface area contributed by atoms with E-state index in [0.717, 1.165) is 40.1 Å². The molecule has 0 unspecified atom stereocenters. The number of aliphatic hydroxyl groups excluding tert-OH is 1. The van der Waals surface area contributed by atoms with Crippen LogP contribution in [0.3, 0.4) is 0 Å². The van der Waals surface area contributed by atoms with E-state index in [-0.39, 0.29) is 18.6 Å². The van der Waals surface area contributed by atoms with Gasteiger partial charge in [-0.1, -0.05) is 24.3 Å². The van der Waals surface area contributed by atoms with Gasteiger partial charge in [-0.05, 0) is 67.4 Å². The van der Waals surface area contributed by atoms with E-state index in [9.17, 15) is 9.90 Å². The number of anilines is 1. The Morgan fingerprint density at radius 2 is 1.88 bits per heavy atom. The predicted octanol–water partition coefficient (Wildman–Crippen LogP) is 4.45. The lowest BCUT2D eigenvalue weighted by atomic mass is 10.1. The van der Waals surface area contributed by atoms with Gasteiger partial charge >= 0.3 is 0 Å². The number of nitrogens with zero attached hydrogens (tertiary/aromatic N) is 2. The summed E-state index contributed by atoms with van der Waals surface area (Å²) in [6, 6.07) is 23.1. The molecule has 0 amide bonds. The van der Waals surface area contributed by atoms with Crippen molar-refractivity contribution in [2.45, 2.75) is 19.4 Å². The highest BCUT2D eigenvalue weighted by Crippen LogP contribution is 2.32. The number of aromatic nitrogens is 1. The van der Waals surface area contributed by atoms with Crippen LogP contribution in [-0.2, 0) is 6.42 Å².